The van der Waals surface area contributed by atoms with E-state index in [4.69, 9.17) is 0 Å². The molecule has 2 saturated heterocycles. The molecule has 0 aromatic rings. The van der Waals surface area contributed by atoms with E-state index in [0.29, 0.717) is 8.16 Å². The molecule has 0 unspecified atom stereocenters. The van der Waals surface area contributed by atoms with Gasteiger partial charge in [0, 0.05) is 0 Å². The third-order valence-electron chi connectivity index (χ3n) is 3.47. The lowest BCUT2D eigenvalue weighted by Gasteiger charge is -2.35. The molecule has 0 aromatic heterocycles. The Hall–Kier alpha value is 1.40. The first kappa shape index (κ1) is 14.8. The Labute approximate surface area is 124 Å². The average molecular weight is 309 g/mol. The highest BCUT2D eigenvalue weighted by Gasteiger charge is 2.31. The summed E-state index contributed by atoms with van der Waals surface area (Å²) in [5.74, 6) is 5.52. The zero-order chi connectivity index (χ0) is 12.2. The van der Waals surface area contributed by atoms with Crippen molar-refractivity contribution >= 4 is 47.0 Å². The molecule has 0 atom stereocenters. The van der Waals surface area contributed by atoms with Crippen LogP contribution in [0.25, 0.3) is 0 Å². The zero-order valence-corrected chi connectivity index (χ0v) is 14.3. The molecule has 0 bridgehead atoms. The van der Waals surface area contributed by atoms with Gasteiger partial charge in [0.05, 0.1) is 8.16 Å². The van der Waals surface area contributed by atoms with Gasteiger partial charge in [0.2, 0.25) is 0 Å². The summed E-state index contributed by atoms with van der Waals surface area (Å²) in [5.41, 5.74) is 0. The van der Waals surface area contributed by atoms with Crippen LogP contribution in [0.4, 0.5) is 0 Å². The fourth-order valence-electron chi connectivity index (χ4n) is 2.37. The first-order chi connectivity index (χ1) is 8.12. The molecule has 2 rings (SSSR count). The predicted octanol–water partition coefficient (Wildman–Crippen LogP) is 5.33. The molecule has 0 amide bonds. The lowest BCUT2D eigenvalue weighted by molar-refractivity contribution is 0.629. The van der Waals surface area contributed by atoms with E-state index in [1.54, 1.807) is 0 Å². The highest BCUT2D eigenvalue weighted by molar-refractivity contribution is 8.19. The van der Waals surface area contributed by atoms with Crippen molar-refractivity contribution in [2.75, 3.05) is 23.0 Å². The molecular weight excluding hydrogens is 284 g/mol. The SMILES string of the molecule is CC1(CCCC2(C)SCCCS2)SCCCS1. The minimum absolute atomic E-state index is 0.526. The van der Waals surface area contributed by atoms with Crippen molar-refractivity contribution in [2.45, 2.75) is 54.1 Å². The second-order valence-corrected chi connectivity index (χ2v) is 12.1. The molecule has 0 saturated carbocycles. The van der Waals surface area contributed by atoms with E-state index in [-0.39, 0.29) is 0 Å². The summed E-state index contributed by atoms with van der Waals surface area (Å²) < 4.78 is 1.05. The van der Waals surface area contributed by atoms with Crippen LogP contribution in [-0.2, 0) is 0 Å². The third kappa shape index (κ3) is 4.77. The van der Waals surface area contributed by atoms with Gasteiger partial charge < -0.3 is 0 Å². The lowest BCUT2D eigenvalue weighted by atomic mass is 10.1. The van der Waals surface area contributed by atoms with Gasteiger partial charge in [0.25, 0.3) is 0 Å². The number of thioether (sulfide) groups is 4. The number of hydrogen-bond acceptors (Lipinski definition) is 4. The summed E-state index contributed by atoms with van der Waals surface area (Å²) in [4.78, 5) is 0. The minimum Gasteiger partial charge on any atom is -0.144 e. The van der Waals surface area contributed by atoms with Gasteiger partial charge in [-0.1, -0.05) is 0 Å². The van der Waals surface area contributed by atoms with Crippen molar-refractivity contribution in [3.8, 4) is 0 Å². The van der Waals surface area contributed by atoms with E-state index >= 15 is 0 Å². The molecule has 0 N–H and O–H groups in total. The van der Waals surface area contributed by atoms with Crippen LogP contribution in [-0.4, -0.2) is 31.2 Å². The van der Waals surface area contributed by atoms with E-state index in [0.717, 1.165) is 0 Å². The molecule has 17 heavy (non-hydrogen) atoms. The highest BCUT2D eigenvalue weighted by atomic mass is 32.2. The van der Waals surface area contributed by atoms with Crippen LogP contribution in [0.1, 0.15) is 46.0 Å². The van der Waals surface area contributed by atoms with Crippen LogP contribution >= 0.6 is 47.0 Å². The van der Waals surface area contributed by atoms with Crippen molar-refractivity contribution in [2.24, 2.45) is 0 Å². The second-order valence-electron chi connectivity index (χ2n) is 5.22. The molecule has 100 valence electrons. The highest BCUT2D eigenvalue weighted by Crippen LogP contribution is 2.49. The summed E-state index contributed by atoms with van der Waals surface area (Å²) >= 11 is 8.80. The molecule has 0 aliphatic carbocycles. The number of rotatable bonds is 4. The maximum absolute atomic E-state index is 2.46. The fourth-order valence-corrected chi connectivity index (χ4v) is 8.44. The Kier molecular flexibility index (Phi) is 5.85. The Bertz CT molecular complexity index is 206. The van der Waals surface area contributed by atoms with E-state index in [1.807, 2.05) is 0 Å². The molecule has 0 nitrogen and oxygen atoms in total. The molecule has 2 fully saturated rings. The van der Waals surface area contributed by atoms with Crippen molar-refractivity contribution in [1.82, 2.24) is 0 Å². The van der Waals surface area contributed by atoms with Crippen molar-refractivity contribution in [3.63, 3.8) is 0 Å². The summed E-state index contributed by atoms with van der Waals surface area (Å²) in [6, 6.07) is 0. The van der Waals surface area contributed by atoms with Crippen LogP contribution in [0.15, 0.2) is 0 Å². The first-order valence-corrected chi connectivity index (χ1v) is 10.6. The van der Waals surface area contributed by atoms with Gasteiger partial charge >= 0.3 is 0 Å². The topological polar surface area (TPSA) is 0 Å². The predicted molar refractivity (Wildman–Crippen MR) is 89.7 cm³/mol. The van der Waals surface area contributed by atoms with Crippen LogP contribution in [0.5, 0.6) is 0 Å². The standard InChI is InChI=1S/C13H24S4/c1-12(14-8-4-9-15-12)6-3-7-13(2)16-10-5-11-17-13/h3-11H2,1-2H3. The van der Waals surface area contributed by atoms with Crippen molar-refractivity contribution in [3.05, 3.63) is 0 Å². The zero-order valence-electron chi connectivity index (χ0n) is 11.0. The van der Waals surface area contributed by atoms with E-state index in [1.165, 1.54) is 55.1 Å². The van der Waals surface area contributed by atoms with E-state index in [2.05, 4.69) is 60.9 Å². The molecule has 0 spiro atoms. The Morgan fingerprint density at radius 2 is 1.06 bits per heavy atom. The van der Waals surface area contributed by atoms with Crippen LogP contribution in [0, 0.1) is 0 Å². The van der Waals surface area contributed by atoms with E-state index in [9.17, 15) is 0 Å². The summed E-state index contributed by atoms with van der Waals surface area (Å²) in [6.45, 7) is 4.93. The molecule has 2 heterocycles. The Morgan fingerprint density at radius 1 is 0.706 bits per heavy atom. The van der Waals surface area contributed by atoms with Gasteiger partial charge in [-0.15, -0.1) is 47.0 Å². The van der Waals surface area contributed by atoms with Crippen molar-refractivity contribution in [1.29, 1.82) is 0 Å². The normalized spacial score (nSPS) is 27.9. The lowest BCUT2D eigenvalue weighted by Crippen LogP contribution is -2.24. The largest absolute Gasteiger partial charge is 0.144 e. The summed E-state index contributed by atoms with van der Waals surface area (Å²) in [6.07, 6.45) is 7.04. The van der Waals surface area contributed by atoms with Gasteiger partial charge in [0.15, 0.2) is 0 Å². The van der Waals surface area contributed by atoms with Gasteiger partial charge in [-0.3, -0.25) is 0 Å². The van der Waals surface area contributed by atoms with Gasteiger partial charge in [-0.05, 0) is 69.0 Å². The van der Waals surface area contributed by atoms with Crippen LogP contribution in [0.2, 0.25) is 0 Å². The average Bonchev–Trinajstić information content (AvgIpc) is 2.30. The monoisotopic (exact) mass is 308 g/mol. The second kappa shape index (κ2) is 6.71. The van der Waals surface area contributed by atoms with Gasteiger partial charge in [-0.25, -0.2) is 0 Å². The third-order valence-corrected chi connectivity index (χ3v) is 10.1. The summed E-state index contributed by atoms with van der Waals surface area (Å²) in [5, 5.41) is 0. The Balaban J connectivity index is 1.70. The smallest absolute Gasteiger partial charge is 0.0583 e. The van der Waals surface area contributed by atoms with Gasteiger partial charge in [-0.2, -0.15) is 0 Å². The van der Waals surface area contributed by atoms with Gasteiger partial charge in [0.1, 0.15) is 0 Å². The maximum Gasteiger partial charge on any atom is 0.0583 e. The van der Waals surface area contributed by atoms with Crippen LogP contribution < -0.4 is 0 Å². The van der Waals surface area contributed by atoms with Crippen LogP contribution in [0.3, 0.4) is 0 Å². The Morgan fingerprint density at radius 3 is 1.41 bits per heavy atom. The van der Waals surface area contributed by atoms with E-state index < -0.39 is 0 Å². The molecule has 2 aliphatic heterocycles. The molecule has 0 aromatic carbocycles. The quantitative estimate of drug-likeness (QED) is 0.688. The molecule has 2 aliphatic rings. The van der Waals surface area contributed by atoms with Crippen molar-refractivity contribution < 1.29 is 0 Å². The minimum atomic E-state index is 0.526. The fraction of sp³-hybridized carbons (Fsp3) is 1.00. The maximum atomic E-state index is 2.46. The first-order valence-electron chi connectivity index (χ1n) is 6.68. The number of hydrogen-bond donors (Lipinski definition) is 0. The molecule has 4 heteroatoms. The molecule has 0 radical (unpaired) electrons. The molecular formula is C13H24S4. The summed E-state index contributed by atoms with van der Waals surface area (Å²) in [7, 11) is 0.